The molecule has 1 atom stereocenters. The average molecular weight is 552 g/mol. The molecule has 3 heterocycles. The number of aryl methyl sites for hydroxylation is 1. The molecule has 1 unspecified atom stereocenters. The smallest absolute Gasteiger partial charge is 0.262 e. The van der Waals surface area contributed by atoms with E-state index < -0.39 is 10.6 Å². The summed E-state index contributed by atoms with van der Waals surface area (Å²) >= 11 is 4.62. The number of morpholine rings is 1. The van der Waals surface area contributed by atoms with Gasteiger partial charge in [-0.3, -0.25) is 9.59 Å². The molecule has 34 heavy (non-hydrogen) atoms. The Bertz CT molecular complexity index is 1150. The van der Waals surface area contributed by atoms with Crippen molar-refractivity contribution >= 4 is 56.3 Å². The minimum atomic E-state index is -1.18. The summed E-state index contributed by atoms with van der Waals surface area (Å²) in [6.07, 6.45) is 0.350. The monoisotopic (exact) mass is 551 g/mol. The van der Waals surface area contributed by atoms with Crippen LogP contribution in [0.4, 0.5) is 11.4 Å². The van der Waals surface area contributed by atoms with E-state index >= 15 is 0 Å². The summed E-state index contributed by atoms with van der Waals surface area (Å²) in [6.45, 7) is 3.15. The molecule has 180 valence electrons. The van der Waals surface area contributed by atoms with Gasteiger partial charge in [0.25, 0.3) is 11.8 Å². The van der Waals surface area contributed by atoms with Crippen molar-refractivity contribution in [1.29, 1.82) is 0 Å². The molecule has 2 fully saturated rings. The molecule has 2 aromatic rings. The Morgan fingerprint density at radius 2 is 2.09 bits per heavy atom. The summed E-state index contributed by atoms with van der Waals surface area (Å²) in [7, 11) is 0. The lowest BCUT2D eigenvalue weighted by Crippen LogP contribution is -2.57. The predicted octanol–water partition coefficient (Wildman–Crippen LogP) is 2.77. The van der Waals surface area contributed by atoms with Crippen LogP contribution in [-0.4, -0.2) is 61.2 Å². The Labute approximate surface area is 207 Å². The van der Waals surface area contributed by atoms with Crippen molar-refractivity contribution in [3.8, 4) is 0 Å². The van der Waals surface area contributed by atoms with Crippen LogP contribution in [0.25, 0.3) is 0 Å². The second kappa shape index (κ2) is 10.2. The number of rotatable bonds is 6. The first-order valence-corrected chi connectivity index (χ1v) is 12.0. The van der Waals surface area contributed by atoms with Crippen molar-refractivity contribution in [1.82, 2.24) is 5.32 Å². The van der Waals surface area contributed by atoms with Gasteiger partial charge in [-0.1, -0.05) is 0 Å². The van der Waals surface area contributed by atoms with E-state index in [1.807, 2.05) is 6.92 Å². The van der Waals surface area contributed by atoms with Gasteiger partial charge in [-0.15, -0.1) is 11.3 Å². The summed E-state index contributed by atoms with van der Waals surface area (Å²) in [4.78, 5) is 39.1. The molecular weight excluding hydrogens is 530 g/mol. The number of hydrogen-bond acceptors (Lipinski definition) is 7. The standard InChI is InChI=1S/C21H22BrN5O6S/c1-13-10-14(2-3-15(13)26-7-9-32-11-18(26)25-27(30)31)23-20(29)21(6-8-33-12-21)24-19(28)16-4-5-17(22)34-16/h2-5,10H,6-9,11-12H2,1H3,(H,23,29)(H,24,28)/b25-18-. The van der Waals surface area contributed by atoms with Gasteiger partial charge in [0, 0.05) is 30.9 Å². The fourth-order valence-corrected chi connectivity index (χ4v) is 5.15. The van der Waals surface area contributed by atoms with Crippen LogP contribution in [0, 0.1) is 17.0 Å². The predicted molar refractivity (Wildman–Crippen MR) is 130 cm³/mol. The fraction of sp³-hybridized carbons (Fsp3) is 0.381. The van der Waals surface area contributed by atoms with Gasteiger partial charge in [0.1, 0.15) is 12.1 Å². The first-order valence-electron chi connectivity index (χ1n) is 10.4. The largest absolute Gasteiger partial charge is 0.378 e. The second-order valence-electron chi connectivity index (χ2n) is 7.86. The maximum absolute atomic E-state index is 13.2. The van der Waals surface area contributed by atoms with E-state index in [-0.39, 0.29) is 30.9 Å². The highest BCUT2D eigenvalue weighted by Gasteiger charge is 2.44. The third-order valence-electron chi connectivity index (χ3n) is 5.55. The van der Waals surface area contributed by atoms with Crippen LogP contribution >= 0.6 is 27.3 Å². The lowest BCUT2D eigenvalue weighted by Gasteiger charge is -2.30. The molecule has 0 radical (unpaired) electrons. The molecule has 4 rings (SSSR count). The topological polar surface area (TPSA) is 135 Å². The van der Waals surface area contributed by atoms with Gasteiger partial charge in [-0.2, -0.15) is 0 Å². The van der Waals surface area contributed by atoms with E-state index in [0.717, 1.165) is 15.0 Å². The fourth-order valence-electron chi connectivity index (χ4n) is 3.86. The zero-order valence-corrected chi connectivity index (χ0v) is 20.6. The van der Waals surface area contributed by atoms with Gasteiger partial charge in [0.15, 0.2) is 5.03 Å². The highest BCUT2D eigenvalue weighted by atomic mass is 79.9. The van der Waals surface area contributed by atoms with Crippen LogP contribution in [0.15, 0.2) is 39.2 Å². The minimum Gasteiger partial charge on any atom is -0.378 e. The Hall–Kier alpha value is -2.87. The zero-order chi connectivity index (χ0) is 24.3. The van der Waals surface area contributed by atoms with Crippen molar-refractivity contribution in [3.63, 3.8) is 0 Å². The van der Waals surface area contributed by atoms with E-state index in [2.05, 4.69) is 31.7 Å². The van der Waals surface area contributed by atoms with Crippen molar-refractivity contribution in [3.05, 3.63) is 54.7 Å². The lowest BCUT2D eigenvalue weighted by atomic mass is 9.96. The van der Waals surface area contributed by atoms with E-state index in [4.69, 9.17) is 9.47 Å². The first kappa shape index (κ1) is 24.3. The van der Waals surface area contributed by atoms with Gasteiger partial charge >= 0.3 is 0 Å². The number of hydrogen-bond donors (Lipinski definition) is 2. The molecule has 13 heteroatoms. The molecule has 2 saturated heterocycles. The number of amides is 2. The van der Waals surface area contributed by atoms with Gasteiger partial charge in [0.05, 0.1) is 27.0 Å². The molecule has 1 aromatic heterocycles. The highest BCUT2D eigenvalue weighted by molar-refractivity contribution is 9.11. The van der Waals surface area contributed by atoms with Gasteiger partial charge in [-0.25, -0.2) is 10.1 Å². The summed E-state index contributed by atoms with van der Waals surface area (Å²) in [6, 6.07) is 8.72. The number of thiophene rings is 1. The van der Waals surface area contributed by atoms with Crippen LogP contribution in [0.2, 0.25) is 0 Å². The SMILES string of the molecule is Cc1cc(NC(=O)C2(NC(=O)c3ccc(Br)s3)CCOC2)ccc1N1CCOC/C1=N/[N+](=O)[O-]. The van der Waals surface area contributed by atoms with Crippen LogP contribution in [0.5, 0.6) is 0 Å². The number of halogens is 1. The maximum atomic E-state index is 13.2. The van der Waals surface area contributed by atoms with Crippen LogP contribution in [0.3, 0.4) is 0 Å². The lowest BCUT2D eigenvalue weighted by molar-refractivity contribution is -0.485. The Morgan fingerprint density at radius 3 is 2.74 bits per heavy atom. The number of nitrogens with one attached hydrogen (secondary N) is 2. The van der Waals surface area contributed by atoms with Crippen LogP contribution < -0.4 is 15.5 Å². The molecule has 11 nitrogen and oxygen atoms in total. The average Bonchev–Trinajstić information content (AvgIpc) is 3.44. The van der Waals surface area contributed by atoms with Gasteiger partial charge < -0.3 is 25.0 Å². The molecule has 0 bridgehead atoms. The van der Waals surface area contributed by atoms with E-state index in [0.29, 0.717) is 36.7 Å². The highest BCUT2D eigenvalue weighted by Crippen LogP contribution is 2.28. The molecule has 0 aliphatic carbocycles. The number of amidine groups is 1. The van der Waals surface area contributed by atoms with Crippen molar-refractivity contribution in [2.75, 3.05) is 43.2 Å². The number of carbonyl (C=O) groups is 2. The number of hydrazone groups is 1. The molecule has 0 spiro atoms. The number of anilines is 2. The summed E-state index contributed by atoms with van der Waals surface area (Å²) in [5, 5.41) is 19.3. The molecular formula is C21H22BrN5O6S. The van der Waals surface area contributed by atoms with E-state index in [1.165, 1.54) is 11.3 Å². The molecule has 0 saturated carbocycles. The number of carbonyl (C=O) groups excluding carboxylic acids is 2. The van der Waals surface area contributed by atoms with Crippen molar-refractivity contribution in [2.24, 2.45) is 5.10 Å². The molecule has 2 amide bonds. The maximum Gasteiger partial charge on any atom is 0.262 e. The van der Waals surface area contributed by atoms with Crippen molar-refractivity contribution < 1.29 is 24.1 Å². The normalized spacial score (nSPS) is 21.5. The summed E-state index contributed by atoms with van der Waals surface area (Å²) in [5.74, 6) is -0.503. The zero-order valence-electron chi connectivity index (χ0n) is 18.2. The van der Waals surface area contributed by atoms with Gasteiger partial charge in [0.2, 0.25) is 5.84 Å². The Kier molecular flexibility index (Phi) is 7.26. The summed E-state index contributed by atoms with van der Waals surface area (Å²) < 4.78 is 11.6. The van der Waals surface area contributed by atoms with Crippen LogP contribution in [-0.2, 0) is 14.3 Å². The second-order valence-corrected chi connectivity index (χ2v) is 10.3. The minimum absolute atomic E-state index is 0.0436. The third kappa shape index (κ3) is 5.27. The first-order chi connectivity index (χ1) is 16.3. The van der Waals surface area contributed by atoms with Gasteiger partial charge in [-0.05, 0) is 58.7 Å². The van der Waals surface area contributed by atoms with E-state index in [1.54, 1.807) is 35.2 Å². The number of nitrogens with zero attached hydrogens (tertiary/aromatic N) is 3. The number of nitro groups is 1. The van der Waals surface area contributed by atoms with Crippen LogP contribution in [0.1, 0.15) is 21.7 Å². The quantitative estimate of drug-likeness (QED) is 0.416. The number of ether oxygens (including phenoxy) is 2. The number of benzene rings is 1. The Balaban J connectivity index is 1.51. The Morgan fingerprint density at radius 1 is 1.26 bits per heavy atom. The molecule has 1 aromatic carbocycles. The molecule has 2 aliphatic heterocycles. The molecule has 2 aliphatic rings. The van der Waals surface area contributed by atoms with E-state index in [9.17, 15) is 19.7 Å². The molecule has 2 N–H and O–H groups in total. The van der Waals surface area contributed by atoms with Crippen molar-refractivity contribution in [2.45, 2.75) is 18.9 Å². The summed E-state index contributed by atoms with van der Waals surface area (Å²) in [5.41, 5.74) is 0.875. The third-order valence-corrected chi connectivity index (χ3v) is 7.17.